The molecule has 22 heteroatoms. The molecule has 0 aliphatic rings. The topological polar surface area (TPSA) is 107 Å². The molecular formula is C23H23F13O9. The molecule has 0 aliphatic heterocycles. The average molecular weight is 690 g/mol. The molecule has 0 rings (SSSR count). The second kappa shape index (κ2) is 15.7. The summed E-state index contributed by atoms with van der Waals surface area (Å²) in [6, 6.07) is 0. The van der Waals surface area contributed by atoms with Crippen molar-refractivity contribution in [3.63, 3.8) is 0 Å². The maximum absolute atomic E-state index is 15.0. The fourth-order valence-electron chi connectivity index (χ4n) is 2.41. The Labute approximate surface area is 244 Å². The van der Waals surface area contributed by atoms with Gasteiger partial charge in [-0.15, -0.1) is 0 Å². The van der Waals surface area contributed by atoms with Gasteiger partial charge in [0.15, 0.2) is 13.2 Å². The van der Waals surface area contributed by atoms with Crippen LogP contribution < -0.4 is 0 Å². The van der Waals surface area contributed by atoms with Crippen molar-refractivity contribution in [1.29, 1.82) is 0 Å². The summed E-state index contributed by atoms with van der Waals surface area (Å²) in [4.78, 5) is 32.7. The Morgan fingerprint density at radius 1 is 0.578 bits per heavy atom. The summed E-state index contributed by atoms with van der Waals surface area (Å²) in [5.41, 5.74) is -5.70. The summed E-state index contributed by atoms with van der Waals surface area (Å²) in [6.07, 6.45) is -25.8. The highest BCUT2D eigenvalue weighted by Gasteiger charge is 2.76. The zero-order chi connectivity index (χ0) is 35.5. The molecule has 0 aromatic carbocycles. The molecule has 0 heterocycles. The van der Waals surface area contributed by atoms with Gasteiger partial charge in [-0.3, -0.25) is 0 Å². The van der Waals surface area contributed by atoms with Gasteiger partial charge in [-0.25, -0.2) is 32.3 Å². The standard InChI is InChI=1S/C23H23F13O9/c1-4-14(37)40-8-7-20(29,30)43-10-17(9-24,21(31,32)44-12-18(25,26)11-41-15(38)5-2)22(33,34)45-23(35,36)19(27,28)13-42-16(39)6-3/h4-6H,1-3,7-13H2. The van der Waals surface area contributed by atoms with Crippen LogP contribution in [0.25, 0.3) is 0 Å². The van der Waals surface area contributed by atoms with Crippen LogP contribution in [0.3, 0.4) is 0 Å². The van der Waals surface area contributed by atoms with E-state index >= 15 is 0 Å². The number of ether oxygens (including phenoxy) is 6. The van der Waals surface area contributed by atoms with E-state index in [1.165, 1.54) is 0 Å². The molecule has 0 amide bonds. The lowest BCUT2D eigenvalue weighted by atomic mass is 9.86. The molecule has 1 atom stereocenters. The summed E-state index contributed by atoms with van der Waals surface area (Å²) in [7, 11) is 0. The van der Waals surface area contributed by atoms with Crippen LogP contribution in [-0.4, -0.2) is 93.9 Å². The molecule has 0 aromatic heterocycles. The average Bonchev–Trinajstić information content (AvgIpc) is 2.92. The minimum atomic E-state index is -6.80. The Morgan fingerprint density at radius 3 is 1.51 bits per heavy atom. The summed E-state index contributed by atoms with van der Waals surface area (Å²) in [6.45, 7) is -7.45. The first-order chi connectivity index (χ1) is 20.3. The van der Waals surface area contributed by atoms with E-state index in [0.717, 1.165) is 0 Å². The first-order valence-electron chi connectivity index (χ1n) is 11.5. The van der Waals surface area contributed by atoms with Crippen LogP contribution in [-0.2, 0) is 42.8 Å². The molecule has 1 unspecified atom stereocenters. The molecule has 0 aliphatic carbocycles. The third kappa shape index (κ3) is 11.8. The maximum atomic E-state index is 15.0. The fourth-order valence-corrected chi connectivity index (χ4v) is 2.41. The monoisotopic (exact) mass is 690 g/mol. The largest absolute Gasteiger partial charge is 0.462 e. The quantitative estimate of drug-likeness (QED) is 0.0655. The summed E-state index contributed by atoms with van der Waals surface area (Å²) >= 11 is 0. The zero-order valence-corrected chi connectivity index (χ0v) is 22.4. The zero-order valence-electron chi connectivity index (χ0n) is 22.4. The minimum Gasteiger partial charge on any atom is -0.462 e. The van der Waals surface area contributed by atoms with E-state index in [0.29, 0.717) is 12.2 Å². The van der Waals surface area contributed by atoms with Gasteiger partial charge in [0.25, 0.3) is 0 Å². The van der Waals surface area contributed by atoms with Crippen LogP contribution in [0.1, 0.15) is 6.42 Å². The first kappa shape index (κ1) is 41.6. The van der Waals surface area contributed by atoms with Crippen LogP contribution in [0.4, 0.5) is 57.1 Å². The molecule has 0 radical (unpaired) electrons. The Morgan fingerprint density at radius 2 is 1.04 bits per heavy atom. The second-order valence-corrected chi connectivity index (χ2v) is 8.39. The van der Waals surface area contributed by atoms with Gasteiger partial charge in [0.2, 0.25) is 5.41 Å². The molecule has 0 saturated heterocycles. The van der Waals surface area contributed by atoms with Crippen LogP contribution in [0.2, 0.25) is 0 Å². The predicted octanol–water partition coefficient (Wildman–Crippen LogP) is 5.21. The highest BCUT2D eigenvalue weighted by Crippen LogP contribution is 2.54. The third-order valence-electron chi connectivity index (χ3n) is 4.98. The van der Waals surface area contributed by atoms with Crippen molar-refractivity contribution in [1.82, 2.24) is 0 Å². The fraction of sp³-hybridized carbons (Fsp3) is 0.609. The van der Waals surface area contributed by atoms with Gasteiger partial charge in [-0.2, -0.15) is 43.9 Å². The van der Waals surface area contributed by atoms with Gasteiger partial charge in [-0.1, -0.05) is 19.7 Å². The smallest absolute Gasteiger partial charge is 0.427 e. The molecular weight excluding hydrogens is 667 g/mol. The van der Waals surface area contributed by atoms with Crippen LogP contribution in [0.15, 0.2) is 38.0 Å². The van der Waals surface area contributed by atoms with Gasteiger partial charge in [0, 0.05) is 18.2 Å². The van der Waals surface area contributed by atoms with Gasteiger partial charge < -0.3 is 23.7 Å². The van der Waals surface area contributed by atoms with Crippen molar-refractivity contribution in [3.05, 3.63) is 38.0 Å². The van der Waals surface area contributed by atoms with Crippen molar-refractivity contribution in [2.45, 2.75) is 42.7 Å². The molecule has 0 fully saturated rings. The van der Waals surface area contributed by atoms with E-state index in [9.17, 15) is 71.5 Å². The lowest BCUT2D eigenvalue weighted by Crippen LogP contribution is -2.64. The van der Waals surface area contributed by atoms with E-state index in [-0.39, 0.29) is 6.08 Å². The first-order valence-corrected chi connectivity index (χ1v) is 11.5. The van der Waals surface area contributed by atoms with Crippen molar-refractivity contribution >= 4 is 17.9 Å². The van der Waals surface area contributed by atoms with E-state index in [1.807, 2.05) is 0 Å². The summed E-state index contributed by atoms with van der Waals surface area (Å²) < 4.78 is 207. The predicted molar refractivity (Wildman–Crippen MR) is 119 cm³/mol. The van der Waals surface area contributed by atoms with E-state index in [4.69, 9.17) is 0 Å². The van der Waals surface area contributed by atoms with Crippen molar-refractivity contribution in [2.75, 3.05) is 39.7 Å². The number of hydrogen-bond donors (Lipinski definition) is 0. The van der Waals surface area contributed by atoms with Crippen molar-refractivity contribution in [3.8, 4) is 0 Å². The van der Waals surface area contributed by atoms with Crippen molar-refractivity contribution in [2.24, 2.45) is 5.41 Å². The number of esters is 3. The van der Waals surface area contributed by atoms with Crippen LogP contribution >= 0.6 is 0 Å². The number of carbonyl (C=O) groups excluding carboxylic acids is 3. The highest BCUT2D eigenvalue weighted by molar-refractivity contribution is 5.81. The van der Waals surface area contributed by atoms with E-state index in [2.05, 4.69) is 48.2 Å². The maximum Gasteiger partial charge on any atom is 0.427 e. The van der Waals surface area contributed by atoms with E-state index in [1.54, 1.807) is 0 Å². The Hall–Kier alpha value is -3.40. The third-order valence-corrected chi connectivity index (χ3v) is 4.98. The van der Waals surface area contributed by atoms with Crippen LogP contribution in [0.5, 0.6) is 0 Å². The lowest BCUT2D eigenvalue weighted by molar-refractivity contribution is -0.498. The Kier molecular flexibility index (Phi) is 14.6. The Balaban J connectivity index is 6.57. The lowest BCUT2D eigenvalue weighted by Gasteiger charge is -2.43. The number of halogens is 13. The normalized spacial score (nSPS) is 14.6. The summed E-state index contributed by atoms with van der Waals surface area (Å²) in [5.74, 6) is -15.5. The SMILES string of the molecule is C=CC(=O)OCCC(F)(F)OCC(CF)(C(F)(F)OCC(F)(F)COC(=O)C=C)C(F)(F)OC(F)(F)C(F)(F)COC(=O)C=C. The van der Waals surface area contributed by atoms with Crippen molar-refractivity contribution < 1.29 is 99.9 Å². The summed E-state index contributed by atoms with van der Waals surface area (Å²) in [5, 5.41) is 0. The van der Waals surface area contributed by atoms with Crippen LogP contribution in [0, 0.1) is 5.41 Å². The van der Waals surface area contributed by atoms with Gasteiger partial charge >= 0.3 is 54.2 Å². The second-order valence-electron chi connectivity index (χ2n) is 8.39. The molecule has 9 nitrogen and oxygen atoms in total. The number of hydrogen-bond acceptors (Lipinski definition) is 9. The number of carbonyl (C=O) groups is 3. The Bertz CT molecular complexity index is 1070. The van der Waals surface area contributed by atoms with Gasteiger partial charge in [-0.05, 0) is 0 Å². The van der Waals surface area contributed by atoms with Gasteiger partial charge in [0.1, 0.15) is 13.3 Å². The van der Waals surface area contributed by atoms with E-state index < -0.39 is 106 Å². The molecule has 0 saturated carbocycles. The van der Waals surface area contributed by atoms with Gasteiger partial charge in [0.05, 0.1) is 19.6 Å². The molecule has 0 N–H and O–H groups in total. The number of alkyl halides is 13. The molecule has 0 bridgehead atoms. The molecule has 0 spiro atoms. The molecule has 0 aromatic rings. The molecule has 260 valence electrons. The molecule has 45 heavy (non-hydrogen) atoms. The number of rotatable bonds is 22. The minimum absolute atomic E-state index is 0.139. The highest BCUT2D eigenvalue weighted by atomic mass is 19.3.